The second-order valence-corrected chi connectivity index (χ2v) is 5.08. The molecule has 94 valence electrons. The van der Waals surface area contributed by atoms with E-state index >= 15 is 0 Å². The summed E-state index contributed by atoms with van der Waals surface area (Å²) in [5.41, 5.74) is 5.44. The lowest BCUT2D eigenvalue weighted by Gasteiger charge is -2.29. The van der Waals surface area contributed by atoms with E-state index in [-0.39, 0.29) is 5.97 Å². The number of methoxy groups -OCH3 is 1. The number of ether oxygens (including phenoxy) is 1. The highest BCUT2D eigenvalue weighted by molar-refractivity contribution is 5.77. The maximum absolute atomic E-state index is 11.9. The SMILES string of the molecule is CCCCCC(CN)(CC1CC1)C(=O)OC. The van der Waals surface area contributed by atoms with Gasteiger partial charge in [0.25, 0.3) is 0 Å². The monoisotopic (exact) mass is 227 g/mol. The van der Waals surface area contributed by atoms with E-state index in [4.69, 9.17) is 10.5 Å². The Balaban J connectivity index is 2.58. The van der Waals surface area contributed by atoms with Crippen LogP contribution in [0.4, 0.5) is 0 Å². The molecule has 0 aromatic rings. The van der Waals surface area contributed by atoms with Gasteiger partial charge in [0.1, 0.15) is 0 Å². The molecule has 1 rings (SSSR count). The zero-order valence-corrected chi connectivity index (χ0v) is 10.6. The molecule has 1 aliphatic rings. The Hall–Kier alpha value is -0.570. The van der Waals surface area contributed by atoms with Gasteiger partial charge in [0.05, 0.1) is 12.5 Å². The third kappa shape index (κ3) is 3.48. The largest absolute Gasteiger partial charge is 0.469 e. The van der Waals surface area contributed by atoms with Gasteiger partial charge in [-0.15, -0.1) is 0 Å². The number of hydrogen-bond acceptors (Lipinski definition) is 3. The van der Waals surface area contributed by atoms with Crippen LogP contribution in [0.3, 0.4) is 0 Å². The Labute approximate surface area is 98.7 Å². The summed E-state index contributed by atoms with van der Waals surface area (Å²) in [6.45, 7) is 2.60. The summed E-state index contributed by atoms with van der Waals surface area (Å²) in [5.74, 6) is 0.613. The van der Waals surface area contributed by atoms with Crippen LogP contribution in [0.1, 0.15) is 51.9 Å². The molecule has 0 aliphatic heterocycles. The molecule has 0 aromatic heterocycles. The van der Waals surface area contributed by atoms with E-state index in [1.54, 1.807) is 0 Å². The van der Waals surface area contributed by atoms with Crippen molar-refractivity contribution in [3.05, 3.63) is 0 Å². The predicted octanol–water partition coefficient (Wildman–Crippen LogP) is 2.48. The van der Waals surface area contributed by atoms with Crippen LogP contribution in [0, 0.1) is 11.3 Å². The molecule has 2 N–H and O–H groups in total. The predicted molar refractivity (Wildman–Crippen MR) is 65.0 cm³/mol. The minimum Gasteiger partial charge on any atom is -0.469 e. The highest BCUT2D eigenvalue weighted by Gasteiger charge is 2.42. The van der Waals surface area contributed by atoms with Gasteiger partial charge in [-0.2, -0.15) is 0 Å². The van der Waals surface area contributed by atoms with Crippen LogP contribution < -0.4 is 5.73 Å². The lowest BCUT2D eigenvalue weighted by molar-refractivity contribution is -0.153. The maximum atomic E-state index is 11.9. The van der Waals surface area contributed by atoms with Crippen molar-refractivity contribution in [3.63, 3.8) is 0 Å². The van der Waals surface area contributed by atoms with Gasteiger partial charge in [-0.05, 0) is 18.8 Å². The lowest BCUT2D eigenvalue weighted by atomic mass is 9.78. The Morgan fingerprint density at radius 2 is 2.12 bits per heavy atom. The summed E-state index contributed by atoms with van der Waals surface area (Å²) < 4.78 is 4.95. The van der Waals surface area contributed by atoms with Crippen molar-refractivity contribution in [1.29, 1.82) is 0 Å². The third-order valence-corrected chi connectivity index (χ3v) is 3.64. The maximum Gasteiger partial charge on any atom is 0.313 e. The fourth-order valence-electron chi connectivity index (χ4n) is 2.36. The summed E-state index contributed by atoms with van der Waals surface area (Å²) >= 11 is 0. The molecule has 0 heterocycles. The first-order chi connectivity index (χ1) is 7.68. The first-order valence-electron chi connectivity index (χ1n) is 6.47. The minimum absolute atomic E-state index is 0.0991. The van der Waals surface area contributed by atoms with Crippen molar-refractivity contribution in [1.82, 2.24) is 0 Å². The van der Waals surface area contributed by atoms with Crippen molar-refractivity contribution in [2.24, 2.45) is 17.1 Å². The molecular weight excluding hydrogens is 202 g/mol. The molecule has 1 atom stereocenters. The molecule has 1 aliphatic carbocycles. The average Bonchev–Trinajstić information content (AvgIpc) is 3.10. The molecule has 16 heavy (non-hydrogen) atoms. The first kappa shape index (κ1) is 13.5. The van der Waals surface area contributed by atoms with Gasteiger partial charge in [0.15, 0.2) is 0 Å². The molecule has 0 saturated heterocycles. The molecule has 0 radical (unpaired) electrons. The molecule has 0 spiro atoms. The molecule has 0 bridgehead atoms. The van der Waals surface area contributed by atoms with Crippen LogP contribution in [-0.2, 0) is 9.53 Å². The van der Waals surface area contributed by atoms with Gasteiger partial charge >= 0.3 is 5.97 Å². The fraction of sp³-hybridized carbons (Fsp3) is 0.923. The molecular formula is C13H25NO2. The van der Waals surface area contributed by atoms with E-state index in [2.05, 4.69) is 6.92 Å². The van der Waals surface area contributed by atoms with Crippen LogP contribution in [-0.4, -0.2) is 19.6 Å². The van der Waals surface area contributed by atoms with Crippen LogP contribution in [0.5, 0.6) is 0 Å². The number of esters is 1. The summed E-state index contributed by atoms with van der Waals surface area (Å²) in [6.07, 6.45) is 7.75. The van der Waals surface area contributed by atoms with E-state index < -0.39 is 5.41 Å². The van der Waals surface area contributed by atoms with Gasteiger partial charge < -0.3 is 10.5 Å². The Morgan fingerprint density at radius 3 is 2.56 bits per heavy atom. The number of hydrogen-bond donors (Lipinski definition) is 1. The number of nitrogens with two attached hydrogens (primary N) is 1. The Morgan fingerprint density at radius 1 is 1.44 bits per heavy atom. The molecule has 0 aromatic carbocycles. The number of unbranched alkanes of at least 4 members (excludes halogenated alkanes) is 2. The zero-order chi connectivity index (χ0) is 12.0. The standard InChI is InChI=1S/C13H25NO2/c1-3-4-5-8-13(10-14,12(15)16-2)9-11-6-7-11/h11H,3-10,14H2,1-2H3. The lowest BCUT2D eigenvalue weighted by Crippen LogP contribution is -2.40. The minimum atomic E-state index is -0.398. The smallest absolute Gasteiger partial charge is 0.313 e. The highest BCUT2D eigenvalue weighted by atomic mass is 16.5. The van der Waals surface area contributed by atoms with E-state index in [1.807, 2.05) is 0 Å². The molecule has 0 amide bonds. The first-order valence-corrected chi connectivity index (χ1v) is 6.47. The summed E-state index contributed by atoms with van der Waals surface area (Å²) in [6, 6.07) is 0. The average molecular weight is 227 g/mol. The van der Waals surface area contributed by atoms with E-state index in [0.29, 0.717) is 12.5 Å². The van der Waals surface area contributed by atoms with E-state index in [9.17, 15) is 4.79 Å². The quantitative estimate of drug-likeness (QED) is 0.512. The van der Waals surface area contributed by atoms with Crippen LogP contribution in [0.15, 0.2) is 0 Å². The van der Waals surface area contributed by atoms with Gasteiger partial charge in [-0.25, -0.2) is 0 Å². The summed E-state index contributed by atoms with van der Waals surface area (Å²) in [5, 5.41) is 0. The van der Waals surface area contributed by atoms with Crippen molar-refractivity contribution in [3.8, 4) is 0 Å². The van der Waals surface area contributed by atoms with Crippen molar-refractivity contribution < 1.29 is 9.53 Å². The second-order valence-electron chi connectivity index (χ2n) is 5.08. The topological polar surface area (TPSA) is 52.3 Å². The molecule has 3 heteroatoms. The van der Waals surface area contributed by atoms with Crippen LogP contribution in [0.2, 0.25) is 0 Å². The second kappa shape index (κ2) is 6.24. The Bertz CT molecular complexity index is 226. The molecule has 1 saturated carbocycles. The van der Waals surface area contributed by atoms with Crippen LogP contribution in [0.25, 0.3) is 0 Å². The molecule has 3 nitrogen and oxygen atoms in total. The normalized spacial score (nSPS) is 19.2. The Kier molecular flexibility index (Phi) is 5.26. The summed E-state index contributed by atoms with van der Waals surface area (Å²) in [7, 11) is 1.47. The van der Waals surface area contributed by atoms with E-state index in [0.717, 1.165) is 19.3 Å². The van der Waals surface area contributed by atoms with Gasteiger partial charge in [-0.1, -0.05) is 39.0 Å². The highest BCUT2D eigenvalue weighted by Crippen LogP contribution is 2.43. The molecule has 1 fully saturated rings. The van der Waals surface area contributed by atoms with Gasteiger partial charge in [-0.3, -0.25) is 4.79 Å². The fourth-order valence-corrected chi connectivity index (χ4v) is 2.36. The van der Waals surface area contributed by atoms with Crippen molar-refractivity contribution in [2.45, 2.75) is 51.9 Å². The van der Waals surface area contributed by atoms with Crippen LogP contribution >= 0.6 is 0 Å². The number of rotatable bonds is 8. The van der Waals surface area contributed by atoms with Crippen molar-refractivity contribution >= 4 is 5.97 Å². The number of carbonyl (C=O) groups excluding carboxylic acids is 1. The zero-order valence-electron chi connectivity index (χ0n) is 10.6. The van der Waals surface area contributed by atoms with E-state index in [1.165, 1.54) is 32.8 Å². The van der Waals surface area contributed by atoms with Gasteiger partial charge in [0.2, 0.25) is 0 Å². The summed E-state index contributed by atoms with van der Waals surface area (Å²) in [4.78, 5) is 11.9. The third-order valence-electron chi connectivity index (χ3n) is 3.64. The van der Waals surface area contributed by atoms with Gasteiger partial charge in [0, 0.05) is 6.54 Å². The number of carbonyl (C=O) groups is 1. The van der Waals surface area contributed by atoms with Crippen molar-refractivity contribution in [2.75, 3.05) is 13.7 Å². The molecule has 1 unspecified atom stereocenters.